The van der Waals surface area contributed by atoms with Crippen LogP contribution in [0.4, 0.5) is 10.1 Å². The lowest BCUT2D eigenvalue weighted by Gasteiger charge is -2.15. The largest absolute Gasteiger partial charge is 0.322 e. The van der Waals surface area contributed by atoms with E-state index in [1.54, 1.807) is 31.2 Å². The number of carbonyl (C=O) groups is 2. The highest BCUT2D eigenvalue weighted by Gasteiger charge is 2.23. The van der Waals surface area contributed by atoms with E-state index in [-0.39, 0.29) is 16.9 Å². The zero-order chi connectivity index (χ0) is 18.6. The van der Waals surface area contributed by atoms with Gasteiger partial charge in [-0.2, -0.15) is 0 Å². The molecule has 1 aromatic carbocycles. The van der Waals surface area contributed by atoms with Crippen molar-refractivity contribution in [1.29, 1.82) is 0 Å². The normalized spacial score (nSPS) is 10.9. The van der Waals surface area contributed by atoms with E-state index < -0.39 is 5.41 Å². The molecule has 0 spiro atoms. The van der Waals surface area contributed by atoms with Gasteiger partial charge in [-0.25, -0.2) is 4.98 Å². The predicted octanol–water partition coefficient (Wildman–Crippen LogP) is 3.56. The van der Waals surface area contributed by atoms with Crippen molar-refractivity contribution in [3.63, 3.8) is 0 Å². The minimum absolute atomic E-state index is 0.118. The number of aryl methyl sites for hydroxylation is 1. The van der Waals surface area contributed by atoms with E-state index in [0.717, 1.165) is 0 Å². The first kappa shape index (κ1) is 19.0. The lowest BCUT2D eigenvalue weighted by atomic mass is 9.96. The summed E-state index contributed by atoms with van der Waals surface area (Å²) < 4.78 is 0. The molecule has 132 valence electrons. The molecule has 0 radical (unpaired) electrons. The number of thiocarbonyl (C=S) groups is 1. The molecule has 1 aromatic heterocycles. The predicted molar refractivity (Wildman–Crippen MR) is 105 cm³/mol. The van der Waals surface area contributed by atoms with Crippen molar-refractivity contribution in [1.82, 2.24) is 10.3 Å². The Balaban J connectivity index is 1.99. The van der Waals surface area contributed by atoms with Crippen LogP contribution in [-0.2, 0) is 4.79 Å². The molecule has 6 nitrogen and oxygen atoms in total. The topological polar surface area (TPSA) is 83.1 Å². The van der Waals surface area contributed by atoms with Crippen molar-refractivity contribution in [2.75, 3.05) is 10.6 Å². The summed E-state index contributed by atoms with van der Waals surface area (Å²) in [5.41, 5.74) is 0.697. The zero-order valence-corrected chi connectivity index (χ0v) is 16.1. The van der Waals surface area contributed by atoms with Crippen molar-refractivity contribution in [2.45, 2.75) is 27.7 Å². The van der Waals surface area contributed by atoms with Gasteiger partial charge in [0, 0.05) is 11.0 Å². The molecule has 0 aliphatic rings. The average Bonchev–Trinajstić information content (AvgIpc) is 2.86. The van der Waals surface area contributed by atoms with E-state index in [1.165, 1.54) is 11.3 Å². The maximum atomic E-state index is 12.1. The summed E-state index contributed by atoms with van der Waals surface area (Å²) in [6, 6.07) is 8.80. The Morgan fingerprint density at radius 1 is 1.12 bits per heavy atom. The lowest BCUT2D eigenvalue weighted by molar-refractivity contribution is -0.123. The number of hydrogen-bond donors (Lipinski definition) is 3. The Hall–Kier alpha value is -2.32. The van der Waals surface area contributed by atoms with Crippen LogP contribution in [0.1, 0.15) is 36.8 Å². The van der Waals surface area contributed by atoms with Crippen molar-refractivity contribution in [3.8, 4) is 0 Å². The van der Waals surface area contributed by atoms with Gasteiger partial charge in [0.2, 0.25) is 5.91 Å². The van der Waals surface area contributed by atoms with Gasteiger partial charge in [-0.3, -0.25) is 14.9 Å². The van der Waals surface area contributed by atoms with Gasteiger partial charge in [0.15, 0.2) is 10.2 Å². The highest BCUT2D eigenvalue weighted by atomic mass is 32.1. The van der Waals surface area contributed by atoms with Crippen molar-refractivity contribution in [3.05, 3.63) is 41.6 Å². The fourth-order valence-corrected chi connectivity index (χ4v) is 2.88. The molecule has 0 saturated carbocycles. The second kappa shape index (κ2) is 7.71. The molecule has 2 amide bonds. The fraction of sp³-hybridized carbons (Fsp3) is 0.294. The first-order valence-electron chi connectivity index (χ1n) is 7.63. The average molecular weight is 377 g/mol. The van der Waals surface area contributed by atoms with Crippen LogP contribution in [-0.4, -0.2) is 21.9 Å². The smallest absolute Gasteiger partial charge is 0.257 e. The first-order chi connectivity index (χ1) is 11.7. The number of anilines is 2. The maximum absolute atomic E-state index is 12.1. The van der Waals surface area contributed by atoms with Gasteiger partial charge in [-0.15, -0.1) is 0 Å². The van der Waals surface area contributed by atoms with E-state index >= 15 is 0 Å². The molecular formula is C17H20N4O2S2. The van der Waals surface area contributed by atoms with E-state index in [4.69, 9.17) is 12.2 Å². The number of benzene rings is 1. The Morgan fingerprint density at radius 3 is 2.36 bits per heavy atom. The highest BCUT2D eigenvalue weighted by Crippen LogP contribution is 2.29. The number of aromatic nitrogens is 1. The number of nitrogens with one attached hydrogen (secondary N) is 3. The quantitative estimate of drug-likeness (QED) is 0.714. The lowest BCUT2D eigenvalue weighted by Crippen LogP contribution is -2.34. The molecule has 25 heavy (non-hydrogen) atoms. The molecule has 8 heteroatoms. The molecule has 0 fully saturated rings. The first-order valence-corrected chi connectivity index (χ1v) is 8.85. The van der Waals surface area contributed by atoms with Gasteiger partial charge in [0.25, 0.3) is 5.91 Å². The molecule has 3 N–H and O–H groups in total. The molecule has 0 saturated heterocycles. The third-order valence-electron chi connectivity index (χ3n) is 3.19. The minimum atomic E-state index is -0.508. The van der Waals surface area contributed by atoms with Crippen LogP contribution in [0.5, 0.6) is 0 Å². The number of hydrogen-bond acceptors (Lipinski definition) is 5. The van der Waals surface area contributed by atoms with Crippen LogP contribution in [0.2, 0.25) is 0 Å². The van der Waals surface area contributed by atoms with Gasteiger partial charge in [0.05, 0.1) is 5.69 Å². The number of amides is 2. The third-order valence-corrected chi connectivity index (χ3v) is 4.38. The molecule has 0 aliphatic carbocycles. The van der Waals surface area contributed by atoms with Crippen LogP contribution in [0.15, 0.2) is 30.3 Å². The maximum Gasteiger partial charge on any atom is 0.257 e. The summed E-state index contributed by atoms with van der Waals surface area (Å²) in [5, 5.41) is 9.68. The van der Waals surface area contributed by atoms with Gasteiger partial charge in [0.1, 0.15) is 5.00 Å². The molecule has 0 bridgehead atoms. The summed E-state index contributed by atoms with van der Waals surface area (Å²) in [4.78, 5) is 28.4. The molecule has 0 atom stereocenters. The van der Waals surface area contributed by atoms with Crippen LogP contribution in [0.25, 0.3) is 0 Å². The molecular weight excluding hydrogens is 356 g/mol. The Bertz CT molecular complexity index is 795. The van der Waals surface area contributed by atoms with Crippen LogP contribution >= 0.6 is 23.6 Å². The van der Waals surface area contributed by atoms with Gasteiger partial charge in [-0.1, -0.05) is 50.3 Å². The number of carbonyl (C=O) groups excluding carboxylic acids is 2. The Labute approximate surface area is 156 Å². The van der Waals surface area contributed by atoms with Crippen LogP contribution < -0.4 is 16.0 Å². The highest BCUT2D eigenvalue weighted by molar-refractivity contribution is 7.80. The number of rotatable bonds is 3. The SMILES string of the molecule is Cc1nc(NC(=O)C(C)(C)C)sc1NC(=S)NC(=O)c1ccccc1. The van der Waals surface area contributed by atoms with Crippen LogP contribution in [0.3, 0.4) is 0 Å². The summed E-state index contributed by atoms with van der Waals surface area (Å²) in [5.74, 6) is -0.408. The molecule has 0 aliphatic heterocycles. The Morgan fingerprint density at radius 2 is 1.76 bits per heavy atom. The molecule has 1 heterocycles. The van der Waals surface area contributed by atoms with Gasteiger partial charge < -0.3 is 10.6 Å². The number of nitrogens with zero attached hydrogens (tertiary/aromatic N) is 1. The summed E-state index contributed by atoms with van der Waals surface area (Å²) in [6.45, 7) is 7.29. The molecule has 2 rings (SSSR count). The second-order valence-corrected chi connectivity index (χ2v) is 7.82. The van der Waals surface area contributed by atoms with Crippen molar-refractivity contribution >= 4 is 50.6 Å². The second-order valence-electron chi connectivity index (χ2n) is 6.41. The Kier molecular flexibility index (Phi) is 5.86. The zero-order valence-electron chi connectivity index (χ0n) is 14.5. The van der Waals surface area contributed by atoms with Crippen molar-refractivity contribution in [2.24, 2.45) is 5.41 Å². The summed E-state index contributed by atoms with van der Waals surface area (Å²) >= 11 is 6.44. The van der Waals surface area contributed by atoms with E-state index in [1.807, 2.05) is 26.8 Å². The van der Waals surface area contributed by atoms with Crippen LogP contribution in [0, 0.1) is 12.3 Å². The monoisotopic (exact) mass is 376 g/mol. The van der Waals surface area contributed by atoms with E-state index in [2.05, 4.69) is 20.9 Å². The third kappa shape index (κ3) is 5.33. The minimum Gasteiger partial charge on any atom is -0.322 e. The van der Waals surface area contributed by atoms with Gasteiger partial charge in [-0.05, 0) is 31.3 Å². The van der Waals surface area contributed by atoms with Crippen molar-refractivity contribution < 1.29 is 9.59 Å². The summed E-state index contributed by atoms with van der Waals surface area (Å²) in [6.07, 6.45) is 0. The standard InChI is InChI=1S/C17H20N4O2S2/c1-10-13(25-16(18-10)21-14(23)17(2,3)4)20-15(24)19-12(22)11-8-6-5-7-9-11/h5-9H,1-4H3,(H,18,21,23)(H2,19,20,22,24). The van der Waals surface area contributed by atoms with E-state index in [9.17, 15) is 9.59 Å². The van der Waals surface area contributed by atoms with E-state index in [0.29, 0.717) is 21.4 Å². The number of thiazole rings is 1. The van der Waals surface area contributed by atoms with Gasteiger partial charge >= 0.3 is 0 Å². The molecule has 0 unspecified atom stereocenters. The summed E-state index contributed by atoms with van der Waals surface area (Å²) in [7, 11) is 0. The fourth-order valence-electron chi connectivity index (χ4n) is 1.75. The molecule has 2 aromatic rings.